The van der Waals surface area contributed by atoms with Crippen LogP contribution in [0.15, 0.2) is 12.1 Å². The molecule has 1 aromatic rings. The zero-order chi connectivity index (χ0) is 15.3. The van der Waals surface area contributed by atoms with E-state index in [4.69, 9.17) is 0 Å². The van der Waals surface area contributed by atoms with Gasteiger partial charge in [-0.1, -0.05) is 0 Å². The van der Waals surface area contributed by atoms with Crippen molar-refractivity contribution >= 4 is 17.3 Å². The van der Waals surface area contributed by atoms with Crippen LogP contribution in [0.5, 0.6) is 0 Å². The van der Waals surface area contributed by atoms with Gasteiger partial charge in [-0.2, -0.15) is 13.2 Å². The highest BCUT2D eigenvalue weighted by atomic mass is 19.4. The summed E-state index contributed by atoms with van der Waals surface area (Å²) in [7, 11) is 1.34. The van der Waals surface area contributed by atoms with Crippen molar-refractivity contribution in [2.24, 2.45) is 0 Å². The van der Waals surface area contributed by atoms with E-state index in [0.717, 1.165) is 4.90 Å². The van der Waals surface area contributed by atoms with E-state index in [0.29, 0.717) is 12.4 Å². The summed E-state index contributed by atoms with van der Waals surface area (Å²) < 4.78 is 36.6. The Morgan fingerprint density at radius 1 is 1.45 bits per heavy atom. The second-order valence-electron chi connectivity index (χ2n) is 4.11. The van der Waals surface area contributed by atoms with E-state index in [1.807, 2.05) is 6.92 Å². The van der Waals surface area contributed by atoms with Gasteiger partial charge in [0.2, 0.25) is 5.82 Å². The van der Waals surface area contributed by atoms with Crippen molar-refractivity contribution in [1.29, 1.82) is 0 Å². The maximum absolute atomic E-state index is 12.2. The minimum absolute atomic E-state index is 0.0855. The molecule has 9 heteroatoms. The molecule has 0 aliphatic carbocycles. The number of rotatable bonds is 6. The van der Waals surface area contributed by atoms with Gasteiger partial charge in [0.05, 0.1) is 11.3 Å². The number of pyridine rings is 1. The quantitative estimate of drug-likeness (QED) is 0.645. The molecule has 20 heavy (non-hydrogen) atoms. The molecule has 0 atom stereocenters. The van der Waals surface area contributed by atoms with Crippen LogP contribution in [0.2, 0.25) is 0 Å². The number of nitro groups is 1. The van der Waals surface area contributed by atoms with Crippen LogP contribution in [-0.4, -0.2) is 36.2 Å². The highest BCUT2D eigenvalue weighted by Gasteiger charge is 2.29. The van der Waals surface area contributed by atoms with Gasteiger partial charge in [0, 0.05) is 26.2 Å². The number of aromatic nitrogens is 1. The van der Waals surface area contributed by atoms with Crippen LogP contribution in [0, 0.1) is 10.1 Å². The molecular weight excluding hydrogens is 277 g/mol. The molecule has 0 saturated carbocycles. The van der Waals surface area contributed by atoms with Gasteiger partial charge in [0.25, 0.3) is 0 Å². The largest absolute Gasteiger partial charge is 0.390 e. The summed E-state index contributed by atoms with van der Waals surface area (Å²) in [4.78, 5) is 15.3. The number of alkyl halides is 3. The normalized spacial score (nSPS) is 11.2. The molecule has 1 N–H and O–H groups in total. The zero-order valence-corrected chi connectivity index (χ0v) is 11.1. The molecule has 1 heterocycles. The van der Waals surface area contributed by atoms with E-state index >= 15 is 0 Å². The van der Waals surface area contributed by atoms with Crippen molar-refractivity contribution in [3.63, 3.8) is 0 Å². The van der Waals surface area contributed by atoms with Crippen LogP contribution >= 0.6 is 0 Å². The van der Waals surface area contributed by atoms with Crippen molar-refractivity contribution in [2.45, 2.75) is 19.5 Å². The summed E-state index contributed by atoms with van der Waals surface area (Å²) in [5.74, 6) is 0.296. The predicted molar refractivity (Wildman–Crippen MR) is 69.0 cm³/mol. The Hall–Kier alpha value is -2.06. The lowest BCUT2D eigenvalue weighted by Crippen LogP contribution is -2.25. The van der Waals surface area contributed by atoms with Gasteiger partial charge in [0.15, 0.2) is 0 Å². The lowest BCUT2D eigenvalue weighted by atomic mass is 10.3. The first-order valence-corrected chi connectivity index (χ1v) is 5.91. The van der Waals surface area contributed by atoms with Crippen LogP contribution < -0.4 is 10.2 Å². The Kier molecular flexibility index (Phi) is 5.12. The minimum atomic E-state index is -4.32. The lowest BCUT2D eigenvalue weighted by molar-refractivity contribution is -0.384. The molecule has 0 radical (unpaired) electrons. The first-order valence-electron chi connectivity index (χ1n) is 5.91. The highest BCUT2D eigenvalue weighted by Crippen LogP contribution is 2.28. The van der Waals surface area contributed by atoms with E-state index in [9.17, 15) is 23.3 Å². The molecule has 1 aromatic heterocycles. The summed E-state index contributed by atoms with van der Waals surface area (Å²) in [5.41, 5.74) is -0.323. The fourth-order valence-corrected chi connectivity index (χ4v) is 1.54. The zero-order valence-electron chi connectivity index (χ0n) is 11.1. The molecule has 0 amide bonds. The maximum atomic E-state index is 12.2. The minimum Gasteiger partial charge on any atom is -0.370 e. The van der Waals surface area contributed by atoms with Gasteiger partial charge in [-0.15, -0.1) is 0 Å². The average molecular weight is 292 g/mol. The summed E-state index contributed by atoms with van der Waals surface area (Å²) in [6.07, 6.45) is -5.38. The SMILES string of the molecule is CCNc1ccc([N+](=O)[O-])c(N(C)CCC(F)(F)F)n1. The molecule has 0 aromatic carbocycles. The molecule has 0 aliphatic rings. The van der Waals surface area contributed by atoms with E-state index < -0.39 is 24.1 Å². The number of nitrogens with zero attached hydrogens (tertiary/aromatic N) is 3. The van der Waals surface area contributed by atoms with Crippen LogP contribution in [0.4, 0.5) is 30.5 Å². The Labute approximate surface area is 113 Å². The standard InChI is InChI=1S/C11H15F3N4O2/c1-3-15-9-5-4-8(18(19)20)10(16-9)17(2)7-6-11(12,13)14/h4-5H,3,6-7H2,1-2H3,(H,15,16). The van der Waals surface area contributed by atoms with Gasteiger partial charge in [-0.3, -0.25) is 10.1 Å². The molecule has 0 fully saturated rings. The van der Waals surface area contributed by atoms with Crippen molar-refractivity contribution < 1.29 is 18.1 Å². The fraction of sp³-hybridized carbons (Fsp3) is 0.545. The monoisotopic (exact) mass is 292 g/mol. The van der Waals surface area contributed by atoms with Crippen molar-refractivity contribution in [3.05, 3.63) is 22.2 Å². The van der Waals surface area contributed by atoms with Gasteiger partial charge in [-0.25, -0.2) is 4.98 Å². The number of hydrogen-bond acceptors (Lipinski definition) is 5. The van der Waals surface area contributed by atoms with Crippen LogP contribution in [0.25, 0.3) is 0 Å². The Morgan fingerprint density at radius 2 is 2.10 bits per heavy atom. The third-order valence-corrected chi connectivity index (χ3v) is 2.50. The van der Waals surface area contributed by atoms with Crippen molar-refractivity contribution in [2.75, 3.05) is 30.4 Å². The van der Waals surface area contributed by atoms with Gasteiger partial charge >= 0.3 is 11.9 Å². The Balaban J connectivity index is 2.99. The molecule has 1 rings (SSSR count). The van der Waals surface area contributed by atoms with E-state index in [1.54, 1.807) is 0 Å². The molecule has 112 valence electrons. The van der Waals surface area contributed by atoms with Gasteiger partial charge in [-0.05, 0) is 13.0 Å². The average Bonchev–Trinajstić information content (AvgIpc) is 2.35. The Bertz CT molecular complexity index is 479. The summed E-state index contributed by atoms with van der Waals surface area (Å²) in [6, 6.07) is 2.65. The summed E-state index contributed by atoms with van der Waals surface area (Å²) in [6.45, 7) is 1.97. The fourth-order valence-electron chi connectivity index (χ4n) is 1.54. The summed E-state index contributed by atoms with van der Waals surface area (Å²) in [5, 5.41) is 13.8. The summed E-state index contributed by atoms with van der Waals surface area (Å²) >= 11 is 0. The first-order chi connectivity index (χ1) is 9.24. The maximum Gasteiger partial charge on any atom is 0.390 e. The number of anilines is 2. The Morgan fingerprint density at radius 3 is 2.60 bits per heavy atom. The van der Waals surface area contributed by atoms with E-state index in [-0.39, 0.29) is 11.5 Å². The molecule has 0 spiro atoms. The van der Waals surface area contributed by atoms with Crippen LogP contribution in [-0.2, 0) is 0 Å². The first kappa shape index (κ1) is 16.0. The lowest BCUT2D eigenvalue weighted by Gasteiger charge is -2.19. The molecule has 0 saturated heterocycles. The second-order valence-corrected chi connectivity index (χ2v) is 4.11. The van der Waals surface area contributed by atoms with E-state index in [1.165, 1.54) is 19.2 Å². The molecule has 6 nitrogen and oxygen atoms in total. The van der Waals surface area contributed by atoms with E-state index in [2.05, 4.69) is 10.3 Å². The van der Waals surface area contributed by atoms with Gasteiger partial charge < -0.3 is 10.2 Å². The van der Waals surface area contributed by atoms with Gasteiger partial charge in [0.1, 0.15) is 5.82 Å². The highest BCUT2D eigenvalue weighted by molar-refractivity contribution is 5.61. The third kappa shape index (κ3) is 4.56. The smallest absolute Gasteiger partial charge is 0.370 e. The predicted octanol–water partition coefficient (Wildman–Crippen LogP) is 2.81. The topological polar surface area (TPSA) is 71.3 Å². The van der Waals surface area contributed by atoms with Crippen molar-refractivity contribution in [1.82, 2.24) is 4.98 Å². The molecule has 0 unspecified atom stereocenters. The number of halogens is 3. The number of hydrogen-bond donors (Lipinski definition) is 1. The molecule has 0 aliphatic heterocycles. The second kappa shape index (κ2) is 6.40. The third-order valence-electron chi connectivity index (χ3n) is 2.50. The number of nitrogens with one attached hydrogen (secondary N) is 1. The van der Waals surface area contributed by atoms with Crippen LogP contribution in [0.3, 0.4) is 0 Å². The molecule has 0 bridgehead atoms. The van der Waals surface area contributed by atoms with Crippen molar-refractivity contribution in [3.8, 4) is 0 Å². The molecular formula is C11H15F3N4O2. The van der Waals surface area contributed by atoms with Crippen LogP contribution in [0.1, 0.15) is 13.3 Å².